The van der Waals surface area contributed by atoms with Gasteiger partial charge in [0.1, 0.15) is 11.1 Å². The monoisotopic (exact) mass is 504 g/mol. The molecule has 0 saturated heterocycles. The van der Waals surface area contributed by atoms with Crippen molar-refractivity contribution in [3.05, 3.63) is 125 Å². The van der Waals surface area contributed by atoms with Crippen LogP contribution in [0.25, 0.3) is 0 Å². The number of amides is 2. The van der Waals surface area contributed by atoms with E-state index in [-0.39, 0.29) is 11.5 Å². The highest BCUT2D eigenvalue weighted by atomic mass is 35.5. The molecular formula is C28H22ClFN2O2S. The van der Waals surface area contributed by atoms with E-state index in [1.54, 1.807) is 30.3 Å². The van der Waals surface area contributed by atoms with Gasteiger partial charge in [-0.3, -0.25) is 9.59 Å². The van der Waals surface area contributed by atoms with Crippen LogP contribution in [0.15, 0.2) is 102 Å². The molecule has 1 atom stereocenters. The third kappa shape index (κ3) is 6.29. The zero-order valence-corrected chi connectivity index (χ0v) is 20.4. The second-order valence-corrected chi connectivity index (χ2v) is 9.43. The number of rotatable bonds is 7. The summed E-state index contributed by atoms with van der Waals surface area (Å²) in [6.45, 7) is 1.91. The molecule has 7 heteroatoms. The van der Waals surface area contributed by atoms with Gasteiger partial charge in [-0.25, -0.2) is 4.39 Å². The van der Waals surface area contributed by atoms with E-state index in [4.69, 9.17) is 11.6 Å². The maximum atomic E-state index is 13.9. The normalized spacial score (nSPS) is 11.5. The molecule has 4 nitrogen and oxygen atoms in total. The number of benzene rings is 4. The molecule has 4 rings (SSSR count). The van der Waals surface area contributed by atoms with Gasteiger partial charge in [0, 0.05) is 21.3 Å². The Balaban J connectivity index is 1.51. The number of thioether (sulfide) groups is 1. The van der Waals surface area contributed by atoms with Crippen molar-refractivity contribution in [1.29, 1.82) is 0 Å². The number of hydrogen-bond acceptors (Lipinski definition) is 3. The van der Waals surface area contributed by atoms with Gasteiger partial charge in [-0.1, -0.05) is 60.1 Å². The number of carbonyl (C=O) groups excluding carboxylic acids is 2. The smallest absolute Gasteiger partial charge is 0.258 e. The largest absolute Gasteiger partial charge is 0.325 e. The summed E-state index contributed by atoms with van der Waals surface area (Å²) in [5.74, 6) is -1.28. The molecule has 176 valence electrons. The van der Waals surface area contributed by atoms with Gasteiger partial charge < -0.3 is 10.6 Å². The molecule has 0 saturated carbocycles. The van der Waals surface area contributed by atoms with Crippen LogP contribution in [0.5, 0.6) is 0 Å². The molecule has 0 spiro atoms. The summed E-state index contributed by atoms with van der Waals surface area (Å²) in [7, 11) is 0. The molecule has 2 N–H and O–H groups in total. The summed E-state index contributed by atoms with van der Waals surface area (Å²) in [6, 6.07) is 27.8. The molecule has 0 radical (unpaired) electrons. The van der Waals surface area contributed by atoms with Gasteiger partial charge in [0.15, 0.2) is 0 Å². The molecule has 0 fully saturated rings. The molecule has 0 aliphatic rings. The highest BCUT2D eigenvalue weighted by Crippen LogP contribution is 2.37. The Kier molecular flexibility index (Phi) is 7.85. The highest BCUT2D eigenvalue weighted by molar-refractivity contribution is 8.00. The molecule has 4 aromatic carbocycles. The topological polar surface area (TPSA) is 58.2 Å². The van der Waals surface area contributed by atoms with E-state index in [0.717, 1.165) is 16.0 Å². The highest BCUT2D eigenvalue weighted by Gasteiger charge is 2.23. The van der Waals surface area contributed by atoms with Crippen molar-refractivity contribution in [1.82, 2.24) is 0 Å². The number of aryl methyl sites for hydroxylation is 1. The fourth-order valence-electron chi connectivity index (χ4n) is 3.42. The molecule has 0 aromatic heterocycles. The Bertz CT molecular complexity index is 1350. The van der Waals surface area contributed by atoms with Gasteiger partial charge in [-0.2, -0.15) is 0 Å². The molecule has 0 bridgehead atoms. The lowest BCUT2D eigenvalue weighted by Gasteiger charge is -2.18. The first-order chi connectivity index (χ1) is 16.9. The third-order valence-electron chi connectivity index (χ3n) is 5.28. The minimum absolute atomic E-state index is 0.0249. The maximum Gasteiger partial charge on any atom is 0.258 e. The van der Waals surface area contributed by atoms with Gasteiger partial charge in [-0.05, 0) is 66.6 Å². The van der Waals surface area contributed by atoms with E-state index in [2.05, 4.69) is 10.6 Å². The van der Waals surface area contributed by atoms with E-state index in [0.29, 0.717) is 16.4 Å². The number of hydrogen-bond donors (Lipinski definition) is 2. The second kappa shape index (κ2) is 11.2. The lowest BCUT2D eigenvalue weighted by Crippen LogP contribution is -2.19. The summed E-state index contributed by atoms with van der Waals surface area (Å²) in [6.07, 6.45) is 0. The Morgan fingerprint density at radius 1 is 0.857 bits per heavy atom. The Morgan fingerprint density at radius 2 is 1.54 bits per heavy atom. The summed E-state index contributed by atoms with van der Waals surface area (Å²) in [5.41, 5.74) is 2.93. The van der Waals surface area contributed by atoms with Gasteiger partial charge in [0.25, 0.3) is 5.91 Å². The lowest BCUT2D eigenvalue weighted by atomic mass is 10.1. The SMILES string of the molecule is Cc1ccc(Cl)cc1NC(=O)C(Sc1ccc(NC(=O)c2ccccc2F)cc1)c1ccccc1. The van der Waals surface area contributed by atoms with Crippen LogP contribution in [-0.2, 0) is 4.79 Å². The second-order valence-electron chi connectivity index (χ2n) is 7.82. The Morgan fingerprint density at radius 3 is 2.26 bits per heavy atom. The summed E-state index contributed by atoms with van der Waals surface area (Å²) < 4.78 is 13.9. The van der Waals surface area contributed by atoms with Crippen molar-refractivity contribution in [3.63, 3.8) is 0 Å². The van der Waals surface area contributed by atoms with Crippen molar-refractivity contribution < 1.29 is 14.0 Å². The molecule has 0 aliphatic heterocycles. The first kappa shape index (κ1) is 24.5. The van der Waals surface area contributed by atoms with E-state index in [9.17, 15) is 14.0 Å². The van der Waals surface area contributed by atoms with Gasteiger partial charge in [0.2, 0.25) is 5.91 Å². The number of nitrogens with one attached hydrogen (secondary N) is 2. The van der Waals surface area contributed by atoms with Crippen LogP contribution in [0, 0.1) is 12.7 Å². The van der Waals surface area contributed by atoms with Crippen molar-refractivity contribution in [2.75, 3.05) is 10.6 Å². The molecule has 4 aromatic rings. The fraction of sp³-hybridized carbons (Fsp3) is 0.0714. The third-order valence-corrected chi connectivity index (χ3v) is 6.78. The summed E-state index contributed by atoms with van der Waals surface area (Å²) in [4.78, 5) is 26.5. The van der Waals surface area contributed by atoms with Crippen LogP contribution in [0.1, 0.15) is 26.7 Å². The maximum absolute atomic E-state index is 13.9. The molecule has 35 heavy (non-hydrogen) atoms. The minimum Gasteiger partial charge on any atom is -0.325 e. The molecule has 0 heterocycles. The first-order valence-corrected chi connectivity index (χ1v) is 12.1. The Hall–Kier alpha value is -3.61. The Labute approximate surface area is 212 Å². The van der Waals surface area contributed by atoms with Crippen molar-refractivity contribution in [2.45, 2.75) is 17.1 Å². The van der Waals surface area contributed by atoms with Crippen LogP contribution in [0.3, 0.4) is 0 Å². The number of anilines is 2. The molecule has 0 aliphatic carbocycles. The van der Waals surface area contributed by atoms with Crippen LogP contribution in [0.4, 0.5) is 15.8 Å². The standard InChI is InChI=1S/C28H22ClFN2O2S/c1-18-11-12-20(29)17-25(18)32-28(34)26(19-7-3-2-4-8-19)35-22-15-13-21(14-16-22)31-27(33)23-9-5-6-10-24(23)30/h2-17,26H,1H3,(H,31,33)(H,32,34). The summed E-state index contributed by atoms with van der Waals surface area (Å²) >= 11 is 7.51. The predicted molar refractivity (Wildman–Crippen MR) is 141 cm³/mol. The van der Waals surface area contributed by atoms with Crippen LogP contribution in [-0.4, -0.2) is 11.8 Å². The zero-order chi connectivity index (χ0) is 24.8. The zero-order valence-electron chi connectivity index (χ0n) is 18.8. The fourth-order valence-corrected chi connectivity index (χ4v) is 4.62. The van der Waals surface area contributed by atoms with Crippen molar-refractivity contribution >= 4 is 46.6 Å². The van der Waals surface area contributed by atoms with E-state index < -0.39 is 17.0 Å². The van der Waals surface area contributed by atoms with E-state index >= 15 is 0 Å². The molecular weight excluding hydrogens is 483 g/mol. The van der Waals surface area contributed by atoms with E-state index in [1.807, 2.05) is 55.5 Å². The quantitative estimate of drug-likeness (QED) is 0.256. The van der Waals surface area contributed by atoms with Crippen LogP contribution in [0.2, 0.25) is 5.02 Å². The van der Waals surface area contributed by atoms with E-state index in [1.165, 1.54) is 30.0 Å². The van der Waals surface area contributed by atoms with Gasteiger partial charge in [0.05, 0.1) is 5.56 Å². The summed E-state index contributed by atoms with van der Waals surface area (Å²) in [5, 5.41) is 5.72. The van der Waals surface area contributed by atoms with Gasteiger partial charge >= 0.3 is 0 Å². The van der Waals surface area contributed by atoms with Gasteiger partial charge in [-0.15, -0.1) is 11.8 Å². The average Bonchev–Trinajstić information content (AvgIpc) is 2.86. The lowest BCUT2D eigenvalue weighted by molar-refractivity contribution is -0.115. The number of halogens is 2. The van der Waals surface area contributed by atoms with Crippen LogP contribution >= 0.6 is 23.4 Å². The minimum atomic E-state index is -0.580. The molecule has 1 unspecified atom stereocenters. The molecule has 2 amide bonds. The first-order valence-electron chi connectivity index (χ1n) is 10.9. The predicted octanol–water partition coefficient (Wildman–Crippen LogP) is 7.51. The van der Waals surface area contributed by atoms with Crippen LogP contribution < -0.4 is 10.6 Å². The number of carbonyl (C=O) groups is 2. The van der Waals surface area contributed by atoms with Crippen molar-refractivity contribution in [3.8, 4) is 0 Å². The average molecular weight is 505 g/mol. The van der Waals surface area contributed by atoms with Crippen molar-refractivity contribution in [2.24, 2.45) is 0 Å².